The molecule has 0 aliphatic heterocycles. The Hall–Kier alpha value is -2.40. The van der Waals surface area contributed by atoms with E-state index in [0.717, 1.165) is 55.4 Å². The largest absolute Gasteiger partial charge is 0.415 e. The summed E-state index contributed by atoms with van der Waals surface area (Å²) >= 11 is 7.20. The Kier molecular flexibility index (Phi) is 7.39. The molecule has 2 heterocycles. The molecule has 0 bridgehead atoms. The van der Waals surface area contributed by atoms with Crippen molar-refractivity contribution in [3.05, 3.63) is 26.9 Å². The van der Waals surface area contributed by atoms with Gasteiger partial charge in [0, 0.05) is 48.2 Å². The molecule has 0 aromatic carbocycles. The van der Waals surface area contributed by atoms with Crippen molar-refractivity contribution in [3.8, 4) is 5.88 Å². The van der Waals surface area contributed by atoms with Crippen LogP contribution in [0, 0.1) is 17.8 Å². The maximum Gasteiger partial charge on any atom is 0.388 e. The molecule has 3 aliphatic rings. The lowest BCUT2D eigenvalue weighted by atomic mass is 9.83. The van der Waals surface area contributed by atoms with Crippen LogP contribution in [0.1, 0.15) is 64.2 Å². The SMILES string of the molecule is Cn1nc(OC(F)F)cc1NC(=S)C[C@H]1CCc2sc(CC(=O)C3CC3)c(C(=O)NCC3CC3)c2C1. The monoisotopic (exact) mass is 536 g/mol. The summed E-state index contributed by atoms with van der Waals surface area (Å²) in [6.07, 6.45) is 7.71. The molecule has 5 rings (SSSR count). The van der Waals surface area contributed by atoms with Crippen LogP contribution >= 0.6 is 23.6 Å². The molecule has 0 saturated heterocycles. The fraction of sp³-hybridized carbons (Fsp3) is 0.600. The van der Waals surface area contributed by atoms with Crippen molar-refractivity contribution >= 4 is 46.1 Å². The van der Waals surface area contributed by atoms with Gasteiger partial charge in [0.05, 0.1) is 10.6 Å². The summed E-state index contributed by atoms with van der Waals surface area (Å²) in [4.78, 5) is 28.6. The highest BCUT2D eigenvalue weighted by Gasteiger charge is 2.34. The Morgan fingerprint density at radius 2 is 2.03 bits per heavy atom. The molecule has 2 saturated carbocycles. The number of thiocarbonyl (C=S) groups is 1. The van der Waals surface area contributed by atoms with E-state index >= 15 is 0 Å². The number of hydrogen-bond donors (Lipinski definition) is 2. The zero-order valence-corrected chi connectivity index (χ0v) is 21.8. The molecule has 0 spiro atoms. The van der Waals surface area contributed by atoms with E-state index in [1.807, 2.05) is 0 Å². The minimum atomic E-state index is -2.94. The average molecular weight is 537 g/mol. The second-order valence-corrected chi connectivity index (χ2v) is 11.8. The number of aromatic nitrogens is 2. The van der Waals surface area contributed by atoms with Crippen LogP contribution in [0.5, 0.6) is 5.88 Å². The number of Topliss-reactive ketones (excluding diaryl/α,β-unsaturated/α-hetero) is 1. The number of thiophene rings is 1. The summed E-state index contributed by atoms with van der Waals surface area (Å²) in [6, 6.07) is 1.39. The zero-order chi connectivity index (χ0) is 25.4. The van der Waals surface area contributed by atoms with Gasteiger partial charge in [-0.1, -0.05) is 12.2 Å². The summed E-state index contributed by atoms with van der Waals surface area (Å²) in [5, 5.41) is 10.1. The lowest BCUT2D eigenvalue weighted by molar-refractivity contribution is -0.119. The van der Waals surface area contributed by atoms with Crippen molar-refractivity contribution in [3.63, 3.8) is 0 Å². The number of halogens is 2. The molecule has 1 amide bonds. The first-order chi connectivity index (χ1) is 17.3. The van der Waals surface area contributed by atoms with Crippen LogP contribution in [0.4, 0.5) is 14.6 Å². The van der Waals surface area contributed by atoms with Crippen LogP contribution in [0.25, 0.3) is 0 Å². The molecule has 3 aliphatic carbocycles. The molecular weight excluding hydrogens is 506 g/mol. The average Bonchev–Trinajstić information content (AvgIpc) is 3.73. The third-order valence-corrected chi connectivity index (χ3v) is 8.65. The third kappa shape index (κ3) is 6.11. The van der Waals surface area contributed by atoms with Gasteiger partial charge in [0.2, 0.25) is 5.88 Å². The smallest absolute Gasteiger partial charge is 0.388 e. The van der Waals surface area contributed by atoms with Crippen LogP contribution in [0.3, 0.4) is 0 Å². The molecule has 2 fully saturated rings. The lowest BCUT2D eigenvalue weighted by Crippen LogP contribution is -2.28. The van der Waals surface area contributed by atoms with Crippen LogP contribution in [-0.2, 0) is 31.1 Å². The number of aryl methyl sites for hydroxylation is 2. The number of hydrogen-bond acceptors (Lipinski definition) is 6. The molecule has 0 unspecified atom stereocenters. The second kappa shape index (κ2) is 10.5. The normalized spacial score (nSPS) is 19.2. The molecule has 2 aromatic heterocycles. The number of fused-ring (bicyclic) bond motifs is 1. The predicted octanol–water partition coefficient (Wildman–Crippen LogP) is 4.68. The Balaban J connectivity index is 1.27. The molecule has 2 aromatic rings. The summed E-state index contributed by atoms with van der Waals surface area (Å²) < 4.78 is 30.7. The van der Waals surface area contributed by atoms with Crippen LogP contribution in [-0.4, -0.2) is 39.6 Å². The highest BCUT2D eigenvalue weighted by atomic mass is 32.1. The molecule has 0 radical (unpaired) electrons. The molecule has 2 N–H and O–H groups in total. The lowest BCUT2D eigenvalue weighted by Gasteiger charge is -2.23. The Labute approximate surface area is 218 Å². The van der Waals surface area contributed by atoms with E-state index in [1.54, 1.807) is 18.4 Å². The highest BCUT2D eigenvalue weighted by molar-refractivity contribution is 7.80. The van der Waals surface area contributed by atoms with E-state index in [0.29, 0.717) is 41.7 Å². The number of carbonyl (C=O) groups excluding carboxylic acids is 2. The minimum absolute atomic E-state index is 0.0548. The van der Waals surface area contributed by atoms with Crippen molar-refractivity contribution in [1.82, 2.24) is 15.1 Å². The Bertz CT molecular complexity index is 1170. The van der Waals surface area contributed by atoms with E-state index in [1.165, 1.54) is 15.6 Å². The Morgan fingerprint density at radius 1 is 1.25 bits per heavy atom. The van der Waals surface area contributed by atoms with Gasteiger partial charge in [-0.2, -0.15) is 8.78 Å². The van der Waals surface area contributed by atoms with Gasteiger partial charge in [0.25, 0.3) is 5.91 Å². The highest BCUT2D eigenvalue weighted by Crippen LogP contribution is 2.40. The number of nitrogens with zero attached hydrogens (tertiary/aromatic N) is 2. The van der Waals surface area contributed by atoms with E-state index < -0.39 is 6.61 Å². The van der Waals surface area contributed by atoms with E-state index in [4.69, 9.17) is 12.2 Å². The molecule has 11 heteroatoms. The molecular formula is C25H30F2N4O3S2. The van der Waals surface area contributed by atoms with Crippen molar-refractivity contribution in [1.29, 1.82) is 0 Å². The first kappa shape index (κ1) is 25.3. The Morgan fingerprint density at radius 3 is 2.72 bits per heavy atom. The van der Waals surface area contributed by atoms with E-state index in [9.17, 15) is 18.4 Å². The van der Waals surface area contributed by atoms with Gasteiger partial charge < -0.3 is 15.4 Å². The molecule has 194 valence electrons. The van der Waals surface area contributed by atoms with Gasteiger partial charge in [-0.05, 0) is 62.3 Å². The summed E-state index contributed by atoms with van der Waals surface area (Å²) in [6.45, 7) is -2.25. The summed E-state index contributed by atoms with van der Waals surface area (Å²) in [5.41, 5.74) is 1.78. The standard InChI is InChI=1S/C25H30F2N4O3S2/c1-31-20(11-21(30-31)34-25(26)27)29-22(35)9-14-4-7-18-16(8-14)23(24(33)28-12-13-2-3-13)19(36-18)10-17(32)15-5-6-15/h11,13-15,25H,2-10,12H2,1H3,(H,28,33)(H,29,35)/t14-/m0/s1. The van der Waals surface area contributed by atoms with Crippen LogP contribution < -0.4 is 15.4 Å². The molecule has 7 nitrogen and oxygen atoms in total. The van der Waals surface area contributed by atoms with Crippen molar-refractivity contribution in [2.45, 2.75) is 64.4 Å². The maximum atomic E-state index is 13.3. The summed E-state index contributed by atoms with van der Waals surface area (Å²) in [5.74, 6) is 1.48. The maximum absolute atomic E-state index is 13.3. The number of carbonyl (C=O) groups is 2. The van der Waals surface area contributed by atoms with E-state index in [-0.39, 0.29) is 29.4 Å². The molecule has 1 atom stereocenters. The summed E-state index contributed by atoms with van der Waals surface area (Å²) in [7, 11) is 1.62. The van der Waals surface area contributed by atoms with Gasteiger partial charge in [0.15, 0.2) is 0 Å². The fourth-order valence-electron chi connectivity index (χ4n) is 4.79. The zero-order valence-electron chi connectivity index (χ0n) is 20.1. The van der Waals surface area contributed by atoms with Gasteiger partial charge in [0.1, 0.15) is 11.6 Å². The number of alkyl halides is 2. The van der Waals surface area contributed by atoms with Gasteiger partial charge in [-0.3, -0.25) is 9.59 Å². The number of ketones is 1. The first-order valence-corrected chi connectivity index (χ1v) is 13.7. The van der Waals surface area contributed by atoms with Crippen molar-refractivity contribution < 1.29 is 23.1 Å². The topological polar surface area (TPSA) is 85.2 Å². The van der Waals surface area contributed by atoms with Gasteiger partial charge in [-0.15, -0.1) is 16.4 Å². The number of amides is 1. The predicted molar refractivity (Wildman–Crippen MR) is 137 cm³/mol. The van der Waals surface area contributed by atoms with Gasteiger partial charge >= 0.3 is 6.61 Å². The number of nitrogens with one attached hydrogen (secondary N) is 2. The fourth-order valence-corrected chi connectivity index (χ4v) is 6.49. The number of rotatable bonds is 11. The van der Waals surface area contributed by atoms with Crippen molar-refractivity contribution in [2.24, 2.45) is 24.8 Å². The third-order valence-electron chi connectivity index (χ3n) is 7.09. The quantitative estimate of drug-likeness (QED) is 0.406. The van der Waals surface area contributed by atoms with Gasteiger partial charge in [-0.25, -0.2) is 4.68 Å². The van der Waals surface area contributed by atoms with Crippen LogP contribution in [0.15, 0.2) is 6.07 Å². The van der Waals surface area contributed by atoms with Crippen LogP contribution in [0.2, 0.25) is 0 Å². The first-order valence-electron chi connectivity index (χ1n) is 12.5. The van der Waals surface area contributed by atoms with Crippen molar-refractivity contribution in [2.75, 3.05) is 11.9 Å². The van der Waals surface area contributed by atoms with E-state index in [2.05, 4.69) is 20.5 Å². The minimum Gasteiger partial charge on any atom is -0.415 e. The number of ether oxygens (including phenoxy) is 1. The second-order valence-electron chi connectivity index (χ2n) is 10.1. The molecule has 36 heavy (non-hydrogen) atoms. The number of anilines is 1.